The molecule has 1 N–H and O–H groups in total. The predicted molar refractivity (Wildman–Crippen MR) is 60.6 cm³/mol. The van der Waals surface area contributed by atoms with Crippen molar-refractivity contribution in [1.82, 2.24) is 5.32 Å². The Kier molecular flexibility index (Phi) is 6.00. The van der Waals surface area contributed by atoms with Gasteiger partial charge in [-0.15, -0.1) is 0 Å². The van der Waals surface area contributed by atoms with Crippen molar-refractivity contribution in [2.75, 3.05) is 20.8 Å². The molecule has 0 saturated carbocycles. The van der Waals surface area contributed by atoms with Crippen molar-refractivity contribution < 1.29 is 9.47 Å². The van der Waals surface area contributed by atoms with Crippen LogP contribution in [0.5, 0.6) is 0 Å². The minimum absolute atomic E-state index is 0.103. The van der Waals surface area contributed by atoms with Gasteiger partial charge in [0, 0.05) is 33.7 Å². The highest BCUT2D eigenvalue weighted by Crippen LogP contribution is 1.99. The van der Waals surface area contributed by atoms with Crippen LogP contribution in [0.4, 0.5) is 0 Å². The molecule has 3 nitrogen and oxygen atoms in total. The van der Waals surface area contributed by atoms with Gasteiger partial charge in [0.1, 0.15) is 0 Å². The first-order chi connectivity index (χ1) is 7.36. The molecule has 3 heteroatoms. The summed E-state index contributed by atoms with van der Waals surface area (Å²) < 4.78 is 10.2. The quantitative estimate of drug-likeness (QED) is 0.548. The fourth-order valence-electron chi connectivity index (χ4n) is 1.38. The number of hydrogen-bond acceptors (Lipinski definition) is 3. The van der Waals surface area contributed by atoms with Gasteiger partial charge in [0.25, 0.3) is 0 Å². The van der Waals surface area contributed by atoms with Crippen molar-refractivity contribution in [1.29, 1.82) is 0 Å². The van der Waals surface area contributed by atoms with Crippen LogP contribution in [-0.4, -0.2) is 27.1 Å². The fraction of sp³-hybridized carbons (Fsp3) is 0.500. The molecule has 0 atom stereocenters. The Morgan fingerprint density at radius 1 is 1.13 bits per heavy atom. The van der Waals surface area contributed by atoms with E-state index in [4.69, 9.17) is 9.47 Å². The average molecular weight is 209 g/mol. The van der Waals surface area contributed by atoms with Gasteiger partial charge in [-0.1, -0.05) is 30.3 Å². The first kappa shape index (κ1) is 12.2. The van der Waals surface area contributed by atoms with Gasteiger partial charge in [0.2, 0.25) is 0 Å². The molecule has 84 valence electrons. The summed E-state index contributed by atoms with van der Waals surface area (Å²) in [6.45, 7) is 1.78. The summed E-state index contributed by atoms with van der Waals surface area (Å²) in [6.07, 6.45) is 0.757. The maximum atomic E-state index is 5.09. The van der Waals surface area contributed by atoms with Gasteiger partial charge in [0.05, 0.1) is 0 Å². The Bertz CT molecular complexity index is 247. The molecule has 0 aromatic heterocycles. The number of nitrogens with one attached hydrogen (secondary N) is 1. The number of rotatable bonds is 7. The Labute approximate surface area is 91.4 Å². The van der Waals surface area contributed by atoms with E-state index in [2.05, 4.69) is 17.4 Å². The standard InChI is InChI=1S/C12H19NO2/c1-14-12(15-2)8-9-13-10-11-6-4-3-5-7-11/h3-7,12-13H,8-10H2,1-2H3. The van der Waals surface area contributed by atoms with Crippen LogP contribution in [-0.2, 0) is 16.0 Å². The summed E-state index contributed by atoms with van der Waals surface area (Å²) in [4.78, 5) is 0. The van der Waals surface area contributed by atoms with Crippen LogP contribution in [0.2, 0.25) is 0 Å². The highest BCUT2D eigenvalue weighted by Gasteiger charge is 2.03. The molecule has 1 aromatic rings. The van der Waals surface area contributed by atoms with Gasteiger partial charge in [-0.05, 0) is 5.56 Å². The topological polar surface area (TPSA) is 30.5 Å². The molecule has 0 heterocycles. The van der Waals surface area contributed by atoms with Crippen molar-refractivity contribution in [2.45, 2.75) is 19.3 Å². The highest BCUT2D eigenvalue weighted by molar-refractivity contribution is 5.14. The summed E-state index contributed by atoms with van der Waals surface area (Å²) >= 11 is 0. The first-order valence-electron chi connectivity index (χ1n) is 5.17. The average Bonchev–Trinajstić information content (AvgIpc) is 2.31. The normalized spacial score (nSPS) is 10.9. The van der Waals surface area contributed by atoms with Gasteiger partial charge in [-0.3, -0.25) is 0 Å². The first-order valence-corrected chi connectivity index (χ1v) is 5.17. The Morgan fingerprint density at radius 2 is 1.80 bits per heavy atom. The van der Waals surface area contributed by atoms with Crippen LogP contribution in [0.25, 0.3) is 0 Å². The lowest BCUT2D eigenvalue weighted by Gasteiger charge is -2.13. The van der Waals surface area contributed by atoms with E-state index in [9.17, 15) is 0 Å². The monoisotopic (exact) mass is 209 g/mol. The number of ether oxygens (including phenoxy) is 2. The van der Waals surface area contributed by atoms with E-state index >= 15 is 0 Å². The molecule has 0 unspecified atom stereocenters. The summed E-state index contributed by atoms with van der Waals surface area (Å²) in [5.74, 6) is 0. The second kappa shape index (κ2) is 7.40. The molecule has 15 heavy (non-hydrogen) atoms. The lowest BCUT2D eigenvalue weighted by molar-refractivity contribution is -0.105. The maximum Gasteiger partial charge on any atom is 0.158 e. The largest absolute Gasteiger partial charge is 0.356 e. The molecule has 1 aromatic carbocycles. The van der Waals surface area contributed by atoms with Gasteiger partial charge in [-0.2, -0.15) is 0 Å². The smallest absolute Gasteiger partial charge is 0.158 e. The number of benzene rings is 1. The third-order valence-corrected chi connectivity index (χ3v) is 2.25. The lowest BCUT2D eigenvalue weighted by atomic mass is 10.2. The molecular weight excluding hydrogens is 190 g/mol. The van der Waals surface area contributed by atoms with Crippen molar-refractivity contribution in [2.24, 2.45) is 0 Å². The van der Waals surface area contributed by atoms with Crippen LogP contribution in [0.3, 0.4) is 0 Å². The number of methoxy groups -OCH3 is 2. The van der Waals surface area contributed by atoms with Crippen LogP contribution < -0.4 is 5.32 Å². The van der Waals surface area contributed by atoms with Crippen molar-refractivity contribution >= 4 is 0 Å². The Balaban J connectivity index is 2.12. The minimum atomic E-state index is -0.103. The van der Waals surface area contributed by atoms with Crippen LogP contribution in [0, 0.1) is 0 Å². The van der Waals surface area contributed by atoms with Gasteiger partial charge >= 0.3 is 0 Å². The second-order valence-electron chi connectivity index (χ2n) is 3.35. The molecule has 1 rings (SSSR count). The van der Waals surface area contributed by atoms with Gasteiger partial charge in [-0.25, -0.2) is 0 Å². The van der Waals surface area contributed by atoms with Crippen molar-refractivity contribution in [3.8, 4) is 0 Å². The summed E-state index contributed by atoms with van der Waals surface area (Å²) in [5, 5.41) is 3.34. The van der Waals surface area contributed by atoms with E-state index in [1.807, 2.05) is 18.2 Å². The van der Waals surface area contributed by atoms with Crippen molar-refractivity contribution in [3.05, 3.63) is 35.9 Å². The van der Waals surface area contributed by atoms with Crippen LogP contribution in [0.1, 0.15) is 12.0 Å². The molecule has 0 fully saturated rings. The second-order valence-corrected chi connectivity index (χ2v) is 3.35. The van der Waals surface area contributed by atoms with E-state index in [1.165, 1.54) is 5.56 Å². The van der Waals surface area contributed by atoms with E-state index in [1.54, 1.807) is 14.2 Å². The predicted octanol–water partition coefficient (Wildman–Crippen LogP) is 1.79. The van der Waals surface area contributed by atoms with Gasteiger partial charge in [0.15, 0.2) is 6.29 Å². The molecule has 0 radical (unpaired) electrons. The van der Waals surface area contributed by atoms with E-state index in [-0.39, 0.29) is 6.29 Å². The summed E-state index contributed by atoms with van der Waals surface area (Å²) in [5.41, 5.74) is 1.30. The Hall–Kier alpha value is -0.900. The molecular formula is C12H19NO2. The Morgan fingerprint density at radius 3 is 2.40 bits per heavy atom. The van der Waals surface area contributed by atoms with E-state index in [0.29, 0.717) is 0 Å². The molecule has 0 aliphatic rings. The number of hydrogen-bond donors (Lipinski definition) is 1. The summed E-state index contributed by atoms with van der Waals surface area (Å²) in [6, 6.07) is 10.3. The molecule has 0 saturated heterocycles. The third-order valence-electron chi connectivity index (χ3n) is 2.25. The third kappa shape index (κ3) is 4.93. The highest BCUT2D eigenvalue weighted by atomic mass is 16.7. The van der Waals surface area contributed by atoms with Crippen molar-refractivity contribution in [3.63, 3.8) is 0 Å². The molecule has 0 spiro atoms. The molecule has 0 amide bonds. The van der Waals surface area contributed by atoms with Crippen LogP contribution in [0.15, 0.2) is 30.3 Å². The van der Waals surface area contributed by atoms with E-state index in [0.717, 1.165) is 19.5 Å². The SMILES string of the molecule is COC(CCNCc1ccccc1)OC. The molecule has 0 aliphatic carbocycles. The summed E-state index contributed by atoms with van der Waals surface area (Å²) in [7, 11) is 3.32. The van der Waals surface area contributed by atoms with Gasteiger partial charge < -0.3 is 14.8 Å². The maximum absolute atomic E-state index is 5.09. The van der Waals surface area contributed by atoms with E-state index < -0.39 is 0 Å². The zero-order valence-electron chi connectivity index (χ0n) is 9.40. The molecule has 0 bridgehead atoms. The molecule has 0 aliphatic heterocycles. The van der Waals surface area contributed by atoms with Crippen LogP contribution >= 0.6 is 0 Å². The zero-order valence-corrected chi connectivity index (χ0v) is 9.40. The minimum Gasteiger partial charge on any atom is -0.356 e. The lowest BCUT2D eigenvalue weighted by Crippen LogP contribution is -2.22. The zero-order chi connectivity index (χ0) is 10.9. The fourth-order valence-corrected chi connectivity index (χ4v) is 1.38.